The maximum absolute atomic E-state index is 10.7. The zero-order chi connectivity index (χ0) is 11.8. The summed E-state index contributed by atoms with van der Waals surface area (Å²) in [6.45, 7) is 0. The van der Waals surface area contributed by atoms with E-state index < -0.39 is 10.5 Å². The van der Waals surface area contributed by atoms with E-state index in [1.165, 1.54) is 6.07 Å². The molecular formula is C11H12BrNO3. The van der Waals surface area contributed by atoms with Gasteiger partial charge in [0.2, 0.25) is 0 Å². The molecule has 1 aromatic carbocycles. The molecule has 0 aromatic heterocycles. The van der Waals surface area contributed by atoms with Gasteiger partial charge in [-0.25, -0.2) is 0 Å². The van der Waals surface area contributed by atoms with Crippen molar-refractivity contribution in [3.8, 4) is 0 Å². The molecule has 1 saturated carbocycles. The van der Waals surface area contributed by atoms with E-state index in [9.17, 15) is 15.2 Å². The molecule has 0 bridgehead atoms. The predicted molar refractivity (Wildman–Crippen MR) is 63.3 cm³/mol. The van der Waals surface area contributed by atoms with E-state index >= 15 is 0 Å². The molecule has 0 unspecified atom stereocenters. The fraction of sp³-hybridized carbons (Fsp3) is 0.455. The average molecular weight is 286 g/mol. The third-order valence-electron chi connectivity index (χ3n) is 2.94. The van der Waals surface area contributed by atoms with E-state index in [1.807, 2.05) is 6.07 Å². The second kappa shape index (κ2) is 4.14. The van der Waals surface area contributed by atoms with Crippen LogP contribution in [0, 0.1) is 10.1 Å². The van der Waals surface area contributed by atoms with Gasteiger partial charge >= 0.3 is 0 Å². The number of nitro groups is 1. The zero-order valence-corrected chi connectivity index (χ0v) is 10.2. The molecule has 86 valence electrons. The highest BCUT2D eigenvalue weighted by Crippen LogP contribution is 2.40. The molecule has 0 atom stereocenters. The number of nitrogens with zero attached hydrogens (tertiary/aromatic N) is 1. The molecule has 1 N–H and O–H groups in total. The Bertz CT molecular complexity index is 429. The predicted octanol–water partition coefficient (Wildman–Crippen LogP) is 2.81. The fourth-order valence-corrected chi connectivity index (χ4v) is 2.27. The lowest BCUT2D eigenvalue weighted by Gasteiger charge is -2.08. The van der Waals surface area contributed by atoms with Crippen LogP contribution in [0.25, 0.3) is 0 Å². The maximum atomic E-state index is 10.7. The highest BCUT2D eigenvalue weighted by atomic mass is 79.9. The van der Waals surface area contributed by atoms with Gasteiger partial charge in [0.05, 0.1) is 15.0 Å². The van der Waals surface area contributed by atoms with E-state index in [1.54, 1.807) is 6.07 Å². The molecule has 16 heavy (non-hydrogen) atoms. The van der Waals surface area contributed by atoms with Crippen molar-refractivity contribution >= 4 is 21.6 Å². The minimum atomic E-state index is -0.510. The molecule has 0 heterocycles. The third-order valence-corrected chi connectivity index (χ3v) is 3.86. The summed E-state index contributed by atoms with van der Waals surface area (Å²) in [5.41, 5.74) is 0.458. The van der Waals surface area contributed by atoms with Crippen molar-refractivity contribution in [2.24, 2.45) is 0 Å². The minimum absolute atomic E-state index is 0.0836. The number of benzene rings is 1. The van der Waals surface area contributed by atoms with Gasteiger partial charge in [-0.05, 0) is 47.2 Å². The Balaban J connectivity index is 2.14. The van der Waals surface area contributed by atoms with Gasteiger partial charge in [0.25, 0.3) is 5.69 Å². The van der Waals surface area contributed by atoms with E-state index in [0.29, 0.717) is 17.3 Å². The molecule has 1 aliphatic carbocycles. The van der Waals surface area contributed by atoms with E-state index in [0.717, 1.165) is 18.4 Å². The van der Waals surface area contributed by atoms with Crippen molar-refractivity contribution in [1.29, 1.82) is 0 Å². The molecular weight excluding hydrogens is 274 g/mol. The van der Waals surface area contributed by atoms with Gasteiger partial charge in [-0.2, -0.15) is 0 Å². The molecule has 4 nitrogen and oxygen atoms in total. The van der Waals surface area contributed by atoms with Crippen LogP contribution in [0.5, 0.6) is 0 Å². The molecule has 2 rings (SSSR count). The Hall–Kier alpha value is -0.940. The summed E-state index contributed by atoms with van der Waals surface area (Å²) in [4.78, 5) is 10.3. The van der Waals surface area contributed by atoms with Crippen LogP contribution in [-0.2, 0) is 6.42 Å². The van der Waals surface area contributed by atoms with Gasteiger partial charge < -0.3 is 5.11 Å². The maximum Gasteiger partial charge on any atom is 0.283 e. The van der Waals surface area contributed by atoms with Crippen molar-refractivity contribution in [3.63, 3.8) is 0 Å². The standard InChI is InChI=1S/C11H12BrNO3/c12-10-8(4-5-11(14)6-7-11)2-1-3-9(10)13(15)16/h1-3,14H,4-7H2. The summed E-state index contributed by atoms with van der Waals surface area (Å²) < 4.78 is 0.532. The van der Waals surface area contributed by atoms with Gasteiger partial charge in [0, 0.05) is 6.07 Å². The summed E-state index contributed by atoms with van der Waals surface area (Å²) in [6, 6.07) is 5.00. The largest absolute Gasteiger partial charge is 0.390 e. The van der Waals surface area contributed by atoms with Gasteiger partial charge in [0.15, 0.2) is 0 Å². The van der Waals surface area contributed by atoms with Crippen LogP contribution in [0.4, 0.5) is 5.69 Å². The van der Waals surface area contributed by atoms with Gasteiger partial charge in [-0.3, -0.25) is 10.1 Å². The van der Waals surface area contributed by atoms with Gasteiger partial charge in [0.1, 0.15) is 0 Å². The molecule has 5 heteroatoms. The van der Waals surface area contributed by atoms with Crippen LogP contribution in [-0.4, -0.2) is 15.6 Å². The van der Waals surface area contributed by atoms with Crippen LogP contribution < -0.4 is 0 Å². The number of aryl methyl sites for hydroxylation is 1. The molecule has 0 amide bonds. The van der Waals surface area contributed by atoms with E-state index in [-0.39, 0.29) is 5.69 Å². The number of aliphatic hydroxyl groups is 1. The Morgan fingerprint density at radius 3 is 2.75 bits per heavy atom. The number of nitro benzene ring substituents is 1. The Labute approximate surface area is 102 Å². The van der Waals surface area contributed by atoms with Gasteiger partial charge in [-0.15, -0.1) is 0 Å². The van der Waals surface area contributed by atoms with Crippen molar-refractivity contribution in [1.82, 2.24) is 0 Å². The Morgan fingerprint density at radius 2 is 2.19 bits per heavy atom. The summed E-state index contributed by atoms with van der Waals surface area (Å²) in [5.74, 6) is 0. The van der Waals surface area contributed by atoms with Gasteiger partial charge in [-0.1, -0.05) is 12.1 Å². The summed E-state index contributed by atoms with van der Waals surface area (Å²) in [7, 11) is 0. The van der Waals surface area contributed by atoms with Crippen molar-refractivity contribution < 1.29 is 10.0 Å². The SMILES string of the molecule is O=[N+]([O-])c1cccc(CCC2(O)CC2)c1Br. The summed E-state index contributed by atoms with van der Waals surface area (Å²) >= 11 is 3.25. The van der Waals surface area contributed by atoms with Crippen LogP contribution in [0.15, 0.2) is 22.7 Å². The first-order chi connectivity index (χ1) is 7.52. The third kappa shape index (κ3) is 2.41. The smallest absolute Gasteiger partial charge is 0.283 e. The normalized spacial score (nSPS) is 17.1. The second-order valence-corrected chi connectivity index (χ2v) is 5.02. The average Bonchev–Trinajstić information content (AvgIpc) is 2.95. The van der Waals surface area contributed by atoms with Crippen molar-refractivity contribution in [3.05, 3.63) is 38.3 Å². The first-order valence-electron chi connectivity index (χ1n) is 5.16. The fourth-order valence-electron chi connectivity index (χ4n) is 1.66. The topological polar surface area (TPSA) is 63.4 Å². The highest BCUT2D eigenvalue weighted by molar-refractivity contribution is 9.10. The summed E-state index contributed by atoms with van der Waals surface area (Å²) in [5, 5.41) is 20.4. The van der Waals surface area contributed by atoms with Crippen molar-refractivity contribution in [2.45, 2.75) is 31.3 Å². The monoisotopic (exact) mass is 285 g/mol. The molecule has 1 aromatic rings. The first kappa shape index (κ1) is 11.5. The zero-order valence-electron chi connectivity index (χ0n) is 8.65. The van der Waals surface area contributed by atoms with Crippen LogP contribution in [0.3, 0.4) is 0 Å². The van der Waals surface area contributed by atoms with Crippen LogP contribution in [0.2, 0.25) is 0 Å². The van der Waals surface area contributed by atoms with Crippen LogP contribution in [0.1, 0.15) is 24.8 Å². The molecule has 1 aliphatic rings. The number of hydrogen-bond acceptors (Lipinski definition) is 3. The number of halogens is 1. The van der Waals surface area contributed by atoms with E-state index in [4.69, 9.17) is 0 Å². The lowest BCUT2D eigenvalue weighted by Crippen LogP contribution is -2.08. The summed E-state index contributed by atoms with van der Waals surface area (Å²) in [6.07, 6.45) is 3.03. The first-order valence-corrected chi connectivity index (χ1v) is 5.95. The molecule has 0 aliphatic heterocycles. The number of hydrogen-bond donors (Lipinski definition) is 1. The second-order valence-electron chi connectivity index (χ2n) is 4.23. The molecule has 0 radical (unpaired) electrons. The molecule has 0 spiro atoms. The van der Waals surface area contributed by atoms with Crippen LogP contribution >= 0.6 is 15.9 Å². The van der Waals surface area contributed by atoms with E-state index in [2.05, 4.69) is 15.9 Å². The quantitative estimate of drug-likeness (QED) is 0.683. The number of rotatable bonds is 4. The molecule has 0 saturated heterocycles. The minimum Gasteiger partial charge on any atom is -0.390 e. The van der Waals surface area contributed by atoms with Crippen molar-refractivity contribution in [2.75, 3.05) is 0 Å². The lowest BCUT2D eigenvalue weighted by molar-refractivity contribution is -0.385. The lowest BCUT2D eigenvalue weighted by atomic mass is 10.1. The Morgan fingerprint density at radius 1 is 1.50 bits per heavy atom. The highest BCUT2D eigenvalue weighted by Gasteiger charge is 2.39. The molecule has 1 fully saturated rings. The Kier molecular flexibility index (Phi) is 2.99.